The summed E-state index contributed by atoms with van der Waals surface area (Å²) < 4.78 is 0. The second-order valence-electron chi connectivity index (χ2n) is 6.25. The van der Waals surface area contributed by atoms with Crippen molar-refractivity contribution >= 4 is 23.1 Å². The number of aromatic nitrogens is 2. The predicted molar refractivity (Wildman–Crippen MR) is 103 cm³/mol. The first-order chi connectivity index (χ1) is 12.0. The minimum Gasteiger partial charge on any atom is -0.372 e. The molecule has 0 aliphatic heterocycles. The van der Waals surface area contributed by atoms with E-state index in [4.69, 9.17) is 0 Å². The van der Waals surface area contributed by atoms with Gasteiger partial charge in [0.2, 0.25) is 0 Å². The van der Waals surface area contributed by atoms with Crippen LogP contribution in [0.1, 0.15) is 38.2 Å². The topological polar surface area (TPSA) is 70.2 Å². The Labute approximate surface area is 149 Å². The summed E-state index contributed by atoms with van der Waals surface area (Å²) in [6.45, 7) is 11.2. The van der Waals surface area contributed by atoms with E-state index in [2.05, 4.69) is 53.4 Å². The third-order valence-electron chi connectivity index (χ3n) is 3.84. The molecule has 0 unspecified atom stereocenters. The fourth-order valence-electron chi connectivity index (χ4n) is 2.40. The number of hydrogen-bond acceptors (Lipinski definition) is 5. The van der Waals surface area contributed by atoms with E-state index in [0.717, 1.165) is 31.0 Å². The number of carbonyl (C=O) groups is 1. The minimum absolute atomic E-state index is 0.265. The number of carbonyl (C=O) groups excluding carboxylic acids is 1. The smallest absolute Gasteiger partial charge is 0.276 e. The Morgan fingerprint density at radius 3 is 2.24 bits per heavy atom. The van der Waals surface area contributed by atoms with Crippen LogP contribution in [0, 0.1) is 5.92 Å². The molecule has 25 heavy (non-hydrogen) atoms. The molecule has 2 N–H and O–H groups in total. The summed E-state index contributed by atoms with van der Waals surface area (Å²) in [5, 5.41) is 14.1. The van der Waals surface area contributed by atoms with Gasteiger partial charge >= 0.3 is 0 Å². The van der Waals surface area contributed by atoms with E-state index >= 15 is 0 Å². The summed E-state index contributed by atoms with van der Waals surface area (Å²) in [7, 11) is 0. The van der Waals surface area contributed by atoms with E-state index in [-0.39, 0.29) is 5.91 Å². The van der Waals surface area contributed by atoms with Gasteiger partial charge in [0.05, 0.1) is 0 Å². The van der Waals surface area contributed by atoms with Crippen LogP contribution in [0.5, 0.6) is 0 Å². The molecule has 134 valence electrons. The zero-order chi connectivity index (χ0) is 18.2. The highest BCUT2D eigenvalue weighted by atomic mass is 16.1. The van der Waals surface area contributed by atoms with Gasteiger partial charge in [-0.3, -0.25) is 4.79 Å². The molecule has 2 rings (SSSR count). The monoisotopic (exact) mass is 341 g/mol. The highest BCUT2D eigenvalue weighted by Gasteiger charge is 2.09. The molecule has 0 aliphatic carbocycles. The molecular formula is C19H27N5O. The average molecular weight is 341 g/mol. The van der Waals surface area contributed by atoms with Crippen molar-refractivity contribution in [3.8, 4) is 0 Å². The molecule has 0 saturated heterocycles. The quantitative estimate of drug-likeness (QED) is 0.767. The van der Waals surface area contributed by atoms with E-state index in [0.29, 0.717) is 17.4 Å². The van der Waals surface area contributed by atoms with E-state index in [1.807, 2.05) is 24.3 Å². The highest BCUT2D eigenvalue weighted by Crippen LogP contribution is 2.18. The second kappa shape index (κ2) is 9.01. The Kier molecular flexibility index (Phi) is 6.74. The molecule has 1 aromatic heterocycles. The van der Waals surface area contributed by atoms with Gasteiger partial charge in [0.15, 0.2) is 5.69 Å². The van der Waals surface area contributed by atoms with Crippen LogP contribution in [-0.4, -0.2) is 35.7 Å². The van der Waals surface area contributed by atoms with E-state index in [1.54, 1.807) is 12.1 Å². The number of rotatable bonds is 8. The van der Waals surface area contributed by atoms with Crippen molar-refractivity contribution < 1.29 is 4.79 Å². The van der Waals surface area contributed by atoms with Crippen LogP contribution in [0.3, 0.4) is 0 Å². The number of hydrogen-bond donors (Lipinski definition) is 2. The fraction of sp³-hybridized carbons (Fsp3) is 0.421. The van der Waals surface area contributed by atoms with Crippen LogP contribution in [0.15, 0.2) is 36.4 Å². The van der Waals surface area contributed by atoms with Gasteiger partial charge in [0.1, 0.15) is 5.82 Å². The zero-order valence-electron chi connectivity index (χ0n) is 15.4. The molecule has 0 saturated carbocycles. The summed E-state index contributed by atoms with van der Waals surface area (Å²) in [6, 6.07) is 11.3. The largest absolute Gasteiger partial charge is 0.372 e. The molecule has 0 spiro atoms. The maximum atomic E-state index is 12.3. The van der Waals surface area contributed by atoms with Crippen LogP contribution in [0.4, 0.5) is 17.2 Å². The normalized spacial score (nSPS) is 10.6. The summed E-state index contributed by atoms with van der Waals surface area (Å²) in [4.78, 5) is 14.5. The van der Waals surface area contributed by atoms with Crippen molar-refractivity contribution in [2.45, 2.75) is 27.7 Å². The van der Waals surface area contributed by atoms with E-state index in [1.165, 1.54) is 0 Å². The van der Waals surface area contributed by atoms with Crippen LogP contribution in [0.25, 0.3) is 0 Å². The molecule has 6 heteroatoms. The van der Waals surface area contributed by atoms with Crippen LogP contribution >= 0.6 is 0 Å². The lowest BCUT2D eigenvalue weighted by atomic mass is 10.2. The first kappa shape index (κ1) is 18.7. The predicted octanol–water partition coefficient (Wildman–Crippen LogP) is 3.64. The first-order valence-corrected chi connectivity index (χ1v) is 8.77. The molecule has 1 aromatic carbocycles. The van der Waals surface area contributed by atoms with Gasteiger partial charge in [0.25, 0.3) is 5.91 Å². The molecule has 2 aromatic rings. The second-order valence-corrected chi connectivity index (χ2v) is 6.25. The molecule has 0 fully saturated rings. The summed E-state index contributed by atoms with van der Waals surface area (Å²) >= 11 is 0. The van der Waals surface area contributed by atoms with Crippen molar-refractivity contribution in [3.05, 3.63) is 42.1 Å². The SMILES string of the molecule is CCN(CC)c1ccc(NC(=O)c2ccc(NCC(C)C)nn2)cc1. The first-order valence-electron chi connectivity index (χ1n) is 8.77. The maximum Gasteiger partial charge on any atom is 0.276 e. The Balaban J connectivity index is 1.97. The molecule has 0 aliphatic rings. The van der Waals surface area contributed by atoms with Crippen LogP contribution in [-0.2, 0) is 0 Å². The van der Waals surface area contributed by atoms with Gasteiger partial charge < -0.3 is 15.5 Å². The molecule has 1 amide bonds. The molecule has 6 nitrogen and oxygen atoms in total. The summed E-state index contributed by atoms with van der Waals surface area (Å²) in [5.74, 6) is 0.927. The molecular weight excluding hydrogens is 314 g/mol. The third-order valence-corrected chi connectivity index (χ3v) is 3.84. The maximum absolute atomic E-state index is 12.3. The van der Waals surface area contributed by atoms with Gasteiger partial charge in [-0.1, -0.05) is 13.8 Å². The van der Waals surface area contributed by atoms with Crippen molar-refractivity contribution in [2.24, 2.45) is 5.92 Å². The standard InChI is InChI=1S/C19H27N5O/c1-5-24(6-2)16-9-7-15(8-10-16)21-19(25)17-11-12-18(23-22-17)20-13-14(3)4/h7-12,14H,5-6,13H2,1-4H3,(H,20,23)(H,21,25). The van der Waals surface area contributed by atoms with Gasteiger partial charge in [-0.2, -0.15) is 0 Å². The highest BCUT2D eigenvalue weighted by molar-refractivity contribution is 6.02. The Morgan fingerprint density at radius 1 is 1.04 bits per heavy atom. The third kappa shape index (κ3) is 5.45. The molecule has 0 atom stereocenters. The average Bonchev–Trinajstić information content (AvgIpc) is 2.62. The zero-order valence-corrected chi connectivity index (χ0v) is 15.4. The van der Waals surface area contributed by atoms with Gasteiger partial charge in [-0.25, -0.2) is 0 Å². The van der Waals surface area contributed by atoms with Crippen molar-refractivity contribution in [1.82, 2.24) is 10.2 Å². The Hall–Kier alpha value is -2.63. The molecule has 1 heterocycles. The lowest BCUT2D eigenvalue weighted by molar-refractivity contribution is 0.102. The van der Waals surface area contributed by atoms with Crippen LogP contribution in [0.2, 0.25) is 0 Å². The van der Waals surface area contributed by atoms with Crippen molar-refractivity contribution in [1.29, 1.82) is 0 Å². The van der Waals surface area contributed by atoms with Crippen molar-refractivity contribution in [2.75, 3.05) is 35.2 Å². The number of benzene rings is 1. The van der Waals surface area contributed by atoms with Gasteiger partial charge in [0, 0.05) is 31.0 Å². The summed E-state index contributed by atoms with van der Waals surface area (Å²) in [5.41, 5.74) is 2.18. The lowest BCUT2D eigenvalue weighted by Crippen LogP contribution is -2.21. The number of anilines is 3. The van der Waals surface area contributed by atoms with E-state index in [9.17, 15) is 4.79 Å². The minimum atomic E-state index is -0.265. The van der Waals surface area contributed by atoms with Crippen molar-refractivity contribution in [3.63, 3.8) is 0 Å². The summed E-state index contributed by atoms with van der Waals surface area (Å²) in [6.07, 6.45) is 0. The Bertz CT molecular complexity index is 663. The van der Waals surface area contributed by atoms with Gasteiger partial charge in [-0.05, 0) is 56.2 Å². The lowest BCUT2D eigenvalue weighted by Gasteiger charge is -2.21. The van der Waals surface area contributed by atoms with Crippen LogP contribution < -0.4 is 15.5 Å². The number of amides is 1. The molecule has 0 radical (unpaired) electrons. The number of nitrogens with one attached hydrogen (secondary N) is 2. The molecule has 0 bridgehead atoms. The van der Waals surface area contributed by atoms with E-state index < -0.39 is 0 Å². The van der Waals surface area contributed by atoms with Gasteiger partial charge in [-0.15, -0.1) is 10.2 Å². The Morgan fingerprint density at radius 2 is 1.72 bits per heavy atom. The fourth-order valence-corrected chi connectivity index (χ4v) is 2.40. The number of nitrogens with zero attached hydrogens (tertiary/aromatic N) is 3.